The molecule has 1 aromatic rings. The van der Waals surface area contributed by atoms with Crippen molar-refractivity contribution in [2.75, 3.05) is 13.2 Å². The minimum atomic E-state index is 0.0278. The molecule has 5 nitrogen and oxygen atoms in total. The number of hydrogen-bond donors (Lipinski definition) is 2. The number of aromatic nitrogens is 1. The standard InChI is InChI=1S/C14H25N3O2/c1-4-6-18-7-5-14(17-15)12-8-13(10-16-9-12)19-11(2)3/h8-11,14,17H,4-7,15H2,1-3H3. The molecule has 0 saturated heterocycles. The van der Waals surface area contributed by atoms with Gasteiger partial charge in [-0.3, -0.25) is 16.3 Å². The van der Waals surface area contributed by atoms with Crippen LogP contribution in [0.1, 0.15) is 45.2 Å². The van der Waals surface area contributed by atoms with Crippen LogP contribution in [-0.4, -0.2) is 24.3 Å². The van der Waals surface area contributed by atoms with Crippen LogP contribution in [0, 0.1) is 0 Å². The van der Waals surface area contributed by atoms with Gasteiger partial charge in [0.1, 0.15) is 5.75 Å². The van der Waals surface area contributed by atoms with Crippen molar-refractivity contribution in [3.63, 3.8) is 0 Å². The minimum Gasteiger partial charge on any atom is -0.489 e. The fourth-order valence-electron chi connectivity index (χ4n) is 1.76. The summed E-state index contributed by atoms with van der Waals surface area (Å²) in [5.74, 6) is 6.36. The van der Waals surface area contributed by atoms with Crippen molar-refractivity contribution in [2.24, 2.45) is 5.84 Å². The van der Waals surface area contributed by atoms with Crippen molar-refractivity contribution in [2.45, 2.75) is 45.8 Å². The molecule has 0 aliphatic carbocycles. The number of rotatable bonds is 9. The van der Waals surface area contributed by atoms with Gasteiger partial charge in [-0.2, -0.15) is 0 Å². The Bertz CT molecular complexity index is 358. The lowest BCUT2D eigenvalue weighted by atomic mass is 10.1. The van der Waals surface area contributed by atoms with Crippen molar-refractivity contribution < 1.29 is 9.47 Å². The van der Waals surface area contributed by atoms with E-state index in [1.54, 1.807) is 12.4 Å². The molecule has 3 N–H and O–H groups in total. The zero-order chi connectivity index (χ0) is 14.1. The van der Waals surface area contributed by atoms with Crippen LogP contribution >= 0.6 is 0 Å². The van der Waals surface area contributed by atoms with Crippen molar-refractivity contribution in [3.8, 4) is 5.75 Å². The summed E-state index contributed by atoms with van der Waals surface area (Å²) in [4.78, 5) is 4.19. The molecule has 1 aromatic heterocycles. The number of nitrogens with zero attached hydrogens (tertiary/aromatic N) is 1. The highest BCUT2D eigenvalue weighted by Crippen LogP contribution is 2.20. The second-order valence-electron chi connectivity index (χ2n) is 4.74. The van der Waals surface area contributed by atoms with Gasteiger partial charge in [0, 0.05) is 25.5 Å². The Kier molecular flexibility index (Phi) is 7.40. The van der Waals surface area contributed by atoms with Crippen LogP contribution in [0.25, 0.3) is 0 Å². The summed E-state index contributed by atoms with van der Waals surface area (Å²) in [6.45, 7) is 7.53. The Morgan fingerprint density at radius 2 is 2.11 bits per heavy atom. The fraction of sp³-hybridized carbons (Fsp3) is 0.643. The maximum atomic E-state index is 5.63. The number of hydrazine groups is 1. The molecule has 0 saturated carbocycles. The molecule has 1 unspecified atom stereocenters. The van der Waals surface area contributed by atoms with Crippen molar-refractivity contribution in [1.29, 1.82) is 0 Å². The van der Waals surface area contributed by atoms with Crippen LogP contribution in [0.3, 0.4) is 0 Å². The van der Waals surface area contributed by atoms with E-state index < -0.39 is 0 Å². The summed E-state index contributed by atoms with van der Waals surface area (Å²) in [5, 5.41) is 0. The quantitative estimate of drug-likeness (QED) is 0.408. The Balaban J connectivity index is 2.59. The summed E-state index contributed by atoms with van der Waals surface area (Å²) < 4.78 is 11.1. The van der Waals surface area contributed by atoms with E-state index in [1.165, 1.54) is 0 Å². The smallest absolute Gasteiger partial charge is 0.138 e. The Morgan fingerprint density at radius 1 is 1.32 bits per heavy atom. The van der Waals surface area contributed by atoms with E-state index in [4.69, 9.17) is 15.3 Å². The number of nitrogens with two attached hydrogens (primary N) is 1. The number of hydrogen-bond acceptors (Lipinski definition) is 5. The molecule has 1 rings (SSSR count). The molecule has 0 spiro atoms. The first-order chi connectivity index (χ1) is 9.17. The van der Waals surface area contributed by atoms with Crippen LogP contribution in [0.2, 0.25) is 0 Å². The largest absolute Gasteiger partial charge is 0.489 e. The van der Waals surface area contributed by atoms with Crippen LogP contribution in [-0.2, 0) is 4.74 Å². The van der Waals surface area contributed by atoms with Crippen LogP contribution in [0.4, 0.5) is 0 Å². The average molecular weight is 267 g/mol. The molecular weight excluding hydrogens is 242 g/mol. The zero-order valence-electron chi connectivity index (χ0n) is 12.1. The molecule has 0 aliphatic rings. The number of nitrogens with one attached hydrogen (secondary N) is 1. The van der Waals surface area contributed by atoms with E-state index in [9.17, 15) is 0 Å². The van der Waals surface area contributed by atoms with Gasteiger partial charge < -0.3 is 9.47 Å². The first-order valence-corrected chi connectivity index (χ1v) is 6.82. The highest BCUT2D eigenvalue weighted by molar-refractivity contribution is 5.26. The third kappa shape index (κ3) is 6.00. The minimum absolute atomic E-state index is 0.0278. The first-order valence-electron chi connectivity index (χ1n) is 6.82. The molecule has 0 bridgehead atoms. The maximum Gasteiger partial charge on any atom is 0.138 e. The van der Waals surface area contributed by atoms with Crippen molar-refractivity contribution >= 4 is 0 Å². The molecule has 108 valence electrons. The van der Waals surface area contributed by atoms with Crippen LogP contribution in [0.5, 0.6) is 5.75 Å². The van der Waals surface area contributed by atoms with Crippen LogP contribution < -0.4 is 16.0 Å². The van der Waals surface area contributed by atoms with Crippen LogP contribution in [0.15, 0.2) is 18.5 Å². The lowest BCUT2D eigenvalue weighted by Crippen LogP contribution is -2.29. The molecule has 0 aromatic carbocycles. The Hall–Kier alpha value is -1.17. The Labute approximate surface area is 115 Å². The summed E-state index contributed by atoms with van der Waals surface area (Å²) in [5.41, 5.74) is 3.81. The third-order valence-corrected chi connectivity index (χ3v) is 2.61. The van der Waals surface area contributed by atoms with Gasteiger partial charge in [-0.25, -0.2) is 0 Å². The zero-order valence-corrected chi connectivity index (χ0v) is 12.1. The molecule has 0 amide bonds. The highest BCUT2D eigenvalue weighted by Gasteiger charge is 2.11. The van der Waals surface area contributed by atoms with E-state index in [0.29, 0.717) is 6.61 Å². The van der Waals surface area contributed by atoms with Gasteiger partial charge >= 0.3 is 0 Å². The van der Waals surface area contributed by atoms with Gasteiger partial charge in [0.25, 0.3) is 0 Å². The Morgan fingerprint density at radius 3 is 2.74 bits per heavy atom. The van der Waals surface area contributed by atoms with E-state index in [1.807, 2.05) is 19.9 Å². The predicted molar refractivity (Wildman–Crippen MR) is 75.8 cm³/mol. The topological polar surface area (TPSA) is 69.4 Å². The molecule has 0 radical (unpaired) electrons. The first kappa shape index (κ1) is 15.9. The van der Waals surface area contributed by atoms with Gasteiger partial charge in [0.2, 0.25) is 0 Å². The normalized spacial score (nSPS) is 12.7. The molecule has 0 aliphatic heterocycles. The summed E-state index contributed by atoms with van der Waals surface area (Å²) in [6.07, 6.45) is 5.49. The molecule has 0 fully saturated rings. The van der Waals surface area contributed by atoms with Gasteiger partial charge in [-0.05, 0) is 38.3 Å². The average Bonchev–Trinajstić information content (AvgIpc) is 2.38. The summed E-state index contributed by atoms with van der Waals surface area (Å²) in [7, 11) is 0. The van der Waals surface area contributed by atoms with Crippen molar-refractivity contribution in [1.82, 2.24) is 10.4 Å². The number of pyridine rings is 1. The monoisotopic (exact) mass is 267 g/mol. The maximum absolute atomic E-state index is 5.63. The lowest BCUT2D eigenvalue weighted by molar-refractivity contribution is 0.124. The van der Waals surface area contributed by atoms with Gasteiger partial charge in [-0.15, -0.1) is 0 Å². The van der Waals surface area contributed by atoms with Gasteiger partial charge in [0.15, 0.2) is 0 Å². The summed E-state index contributed by atoms with van der Waals surface area (Å²) >= 11 is 0. The highest BCUT2D eigenvalue weighted by atomic mass is 16.5. The van der Waals surface area contributed by atoms with Crippen molar-refractivity contribution in [3.05, 3.63) is 24.0 Å². The van der Waals surface area contributed by atoms with Gasteiger partial charge in [-0.1, -0.05) is 6.92 Å². The molecule has 1 atom stereocenters. The van der Waals surface area contributed by atoms with E-state index in [0.717, 1.165) is 30.8 Å². The molecule has 1 heterocycles. The lowest BCUT2D eigenvalue weighted by Gasteiger charge is -2.17. The molecule has 5 heteroatoms. The predicted octanol–water partition coefficient (Wildman–Crippen LogP) is 2.19. The fourth-order valence-corrected chi connectivity index (χ4v) is 1.76. The second kappa shape index (κ2) is 8.85. The number of ether oxygens (including phenoxy) is 2. The van der Waals surface area contributed by atoms with Gasteiger partial charge in [0.05, 0.1) is 12.3 Å². The van der Waals surface area contributed by atoms with E-state index in [-0.39, 0.29) is 12.1 Å². The second-order valence-corrected chi connectivity index (χ2v) is 4.74. The molecule has 19 heavy (non-hydrogen) atoms. The molecular formula is C14H25N3O2. The third-order valence-electron chi connectivity index (χ3n) is 2.61. The summed E-state index contributed by atoms with van der Waals surface area (Å²) in [6, 6.07) is 2.00. The van der Waals surface area contributed by atoms with E-state index in [2.05, 4.69) is 17.3 Å². The SMILES string of the molecule is CCCOCCC(NN)c1cncc(OC(C)C)c1. The van der Waals surface area contributed by atoms with E-state index >= 15 is 0 Å².